The van der Waals surface area contributed by atoms with Gasteiger partial charge in [0.15, 0.2) is 5.76 Å². The lowest BCUT2D eigenvalue weighted by atomic mass is 10.1. The van der Waals surface area contributed by atoms with Crippen LogP contribution in [0.1, 0.15) is 22.8 Å². The number of esters is 1. The Morgan fingerprint density at radius 1 is 1.33 bits per heavy atom. The van der Waals surface area contributed by atoms with Gasteiger partial charge in [0, 0.05) is 16.7 Å². The third-order valence-corrected chi connectivity index (χ3v) is 2.93. The maximum absolute atomic E-state index is 12.1. The van der Waals surface area contributed by atoms with Crippen molar-refractivity contribution in [3.05, 3.63) is 57.3 Å². The lowest BCUT2D eigenvalue weighted by Gasteiger charge is -2.15. The third kappa shape index (κ3) is 3.02. The van der Waals surface area contributed by atoms with Gasteiger partial charge < -0.3 is 4.74 Å². The first kappa shape index (κ1) is 14.6. The highest BCUT2D eigenvalue weighted by Gasteiger charge is 2.39. The summed E-state index contributed by atoms with van der Waals surface area (Å²) in [7, 11) is 0. The second kappa shape index (κ2) is 5.66. The largest absolute Gasteiger partial charge is 0.419 e. The Labute approximate surface area is 120 Å². The number of amides is 1. The maximum Gasteiger partial charge on any atom is 0.348 e. The molecule has 1 unspecified atom stereocenters. The topological polar surface area (TPSA) is 98.9 Å². The van der Waals surface area contributed by atoms with Crippen LogP contribution in [0.4, 0.5) is 0 Å². The van der Waals surface area contributed by atoms with Gasteiger partial charge in [-0.05, 0) is 25.5 Å². The van der Waals surface area contributed by atoms with Crippen LogP contribution >= 0.6 is 0 Å². The first-order valence-corrected chi connectivity index (χ1v) is 6.12. The predicted molar refractivity (Wildman–Crippen MR) is 73.6 cm³/mol. The fraction of sp³-hybridized carbons (Fsp3) is 0.214. The quantitative estimate of drug-likeness (QED) is 0.478. The number of carbonyl (C=O) groups is 2. The van der Waals surface area contributed by atoms with E-state index in [0.29, 0.717) is 5.56 Å². The van der Waals surface area contributed by atoms with Crippen molar-refractivity contribution in [2.45, 2.75) is 19.9 Å². The number of ether oxygens (including phenoxy) is 1. The number of aliphatic imine (C=N–C) groups is 1. The van der Waals surface area contributed by atoms with Crippen LogP contribution in [0, 0.1) is 17.0 Å². The van der Waals surface area contributed by atoms with Crippen molar-refractivity contribution in [1.82, 2.24) is 0 Å². The minimum absolute atomic E-state index is 0.255. The molecule has 21 heavy (non-hydrogen) atoms. The highest BCUT2D eigenvalue weighted by Crippen LogP contribution is 2.18. The molecule has 1 aromatic carbocycles. The number of allylic oxidation sites excluding steroid dienone is 1. The molecule has 0 saturated heterocycles. The van der Waals surface area contributed by atoms with Gasteiger partial charge in [-0.1, -0.05) is 18.2 Å². The molecular weight excluding hydrogens is 276 g/mol. The lowest BCUT2D eigenvalue weighted by molar-refractivity contribution is -0.501. The number of dihydropyridines is 1. The van der Waals surface area contributed by atoms with Gasteiger partial charge in [-0.3, -0.25) is 14.9 Å². The van der Waals surface area contributed by atoms with Gasteiger partial charge in [-0.2, -0.15) is 0 Å². The van der Waals surface area contributed by atoms with E-state index in [1.165, 1.54) is 13.0 Å². The van der Waals surface area contributed by atoms with Crippen LogP contribution in [-0.4, -0.2) is 28.6 Å². The number of hydrogen-bond donors (Lipinski definition) is 0. The van der Waals surface area contributed by atoms with E-state index in [0.717, 1.165) is 0 Å². The summed E-state index contributed by atoms with van der Waals surface area (Å²) in [6.45, 7) is 3.21. The molecule has 0 radical (unpaired) electrons. The molecule has 1 aliphatic rings. The molecule has 1 heterocycles. The normalized spacial score (nSPS) is 17.8. The molecule has 1 amide bonds. The van der Waals surface area contributed by atoms with E-state index >= 15 is 0 Å². The van der Waals surface area contributed by atoms with Crippen LogP contribution in [0.5, 0.6) is 0 Å². The molecule has 0 N–H and O–H groups in total. The molecule has 0 spiro atoms. The van der Waals surface area contributed by atoms with Crippen LogP contribution in [0.15, 0.2) is 41.1 Å². The molecule has 0 aromatic heterocycles. The molecule has 0 aliphatic carbocycles. The molecule has 2 rings (SSSR count). The Morgan fingerprint density at radius 2 is 2.00 bits per heavy atom. The van der Waals surface area contributed by atoms with Crippen molar-refractivity contribution < 1.29 is 19.2 Å². The first-order chi connectivity index (χ1) is 9.90. The molecule has 1 aliphatic heterocycles. The summed E-state index contributed by atoms with van der Waals surface area (Å²) in [6, 6.07) is 4.90. The summed E-state index contributed by atoms with van der Waals surface area (Å²) >= 11 is 0. The van der Waals surface area contributed by atoms with Gasteiger partial charge >= 0.3 is 17.9 Å². The second-order valence-electron chi connectivity index (χ2n) is 4.53. The van der Waals surface area contributed by atoms with Gasteiger partial charge in [0.1, 0.15) is 0 Å². The molecule has 0 bridgehead atoms. The Morgan fingerprint density at radius 3 is 2.62 bits per heavy atom. The summed E-state index contributed by atoms with van der Waals surface area (Å²) < 4.78 is 5.05. The molecule has 1 aromatic rings. The fourth-order valence-electron chi connectivity index (χ4n) is 1.92. The number of nitro groups is 1. The van der Waals surface area contributed by atoms with Crippen LogP contribution < -0.4 is 0 Å². The summed E-state index contributed by atoms with van der Waals surface area (Å²) in [5, 5.41) is 11.0. The summed E-state index contributed by atoms with van der Waals surface area (Å²) in [6.07, 6.45) is 1.23. The van der Waals surface area contributed by atoms with E-state index < -0.39 is 22.8 Å². The molecule has 7 heteroatoms. The van der Waals surface area contributed by atoms with Gasteiger partial charge in [0.05, 0.1) is 5.56 Å². The van der Waals surface area contributed by atoms with Crippen LogP contribution in [0.25, 0.3) is 0 Å². The molecule has 108 valence electrons. The van der Waals surface area contributed by atoms with Gasteiger partial charge in [-0.25, -0.2) is 9.79 Å². The number of hydrogen-bond acceptors (Lipinski definition) is 5. The van der Waals surface area contributed by atoms with Crippen molar-refractivity contribution in [3.63, 3.8) is 0 Å². The van der Waals surface area contributed by atoms with Gasteiger partial charge in [0.25, 0.3) is 0 Å². The fourth-order valence-corrected chi connectivity index (χ4v) is 1.92. The predicted octanol–water partition coefficient (Wildman–Crippen LogP) is 1.68. The van der Waals surface area contributed by atoms with E-state index in [4.69, 9.17) is 4.74 Å². The van der Waals surface area contributed by atoms with E-state index in [1.54, 1.807) is 31.2 Å². The monoisotopic (exact) mass is 288 g/mol. The number of aryl methyl sites for hydroxylation is 1. The smallest absolute Gasteiger partial charge is 0.348 e. The van der Waals surface area contributed by atoms with E-state index in [-0.39, 0.29) is 17.0 Å². The van der Waals surface area contributed by atoms with Crippen molar-refractivity contribution >= 4 is 17.6 Å². The maximum atomic E-state index is 12.1. The average Bonchev–Trinajstić information content (AvgIpc) is 2.37. The molecule has 0 fully saturated rings. The minimum Gasteiger partial charge on any atom is -0.419 e. The van der Waals surface area contributed by atoms with E-state index in [2.05, 4.69) is 4.99 Å². The van der Waals surface area contributed by atoms with Gasteiger partial charge in [0.2, 0.25) is 0 Å². The highest BCUT2D eigenvalue weighted by atomic mass is 16.6. The lowest BCUT2D eigenvalue weighted by Crippen LogP contribution is -2.35. The molecule has 7 nitrogen and oxygen atoms in total. The second-order valence-corrected chi connectivity index (χ2v) is 4.53. The van der Waals surface area contributed by atoms with E-state index in [1.807, 2.05) is 0 Å². The summed E-state index contributed by atoms with van der Waals surface area (Å²) in [4.78, 5) is 37.3. The third-order valence-electron chi connectivity index (χ3n) is 2.93. The van der Waals surface area contributed by atoms with Gasteiger partial charge in [-0.15, -0.1) is 0 Å². The van der Waals surface area contributed by atoms with Crippen molar-refractivity contribution in [2.24, 2.45) is 4.99 Å². The Hall–Kier alpha value is -2.83. The zero-order valence-corrected chi connectivity index (χ0v) is 11.4. The van der Waals surface area contributed by atoms with Crippen LogP contribution in [0.2, 0.25) is 0 Å². The van der Waals surface area contributed by atoms with Crippen molar-refractivity contribution in [2.75, 3.05) is 0 Å². The number of rotatable bonds is 3. The Kier molecular flexibility index (Phi) is 3.93. The Balaban J connectivity index is 2.30. The van der Waals surface area contributed by atoms with Crippen LogP contribution in [0.3, 0.4) is 0 Å². The van der Waals surface area contributed by atoms with Crippen LogP contribution in [-0.2, 0) is 9.53 Å². The summed E-state index contributed by atoms with van der Waals surface area (Å²) in [5.41, 5.74) is 1.21. The standard InChI is InChI=1S/C14H12N2O5/c1-8-5-3-4-6-10(8)14(18)21-11-7-9(2)15-13(17)12(11)16(19)20/h3-7,12H,1-2H3. The average molecular weight is 288 g/mol. The highest BCUT2D eigenvalue weighted by molar-refractivity contribution is 6.07. The SMILES string of the molecule is CC1=NC(=O)C([N+](=O)[O-])C(OC(=O)c2ccccc2C)=C1. The number of nitrogens with zero attached hydrogens (tertiary/aromatic N) is 2. The molecular formula is C14H12N2O5. The number of carbonyl (C=O) groups excluding carboxylic acids is 2. The van der Waals surface area contributed by atoms with E-state index in [9.17, 15) is 19.7 Å². The van der Waals surface area contributed by atoms with Crippen molar-refractivity contribution in [1.29, 1.82) is 0 Å². The zero-order chi connectivity index (χ0) is 15.6. The number of benzene rings is 1. The minimum atomic E-state index is -1.78. The first-order valence-electron chi connectivity index (χ1n) is 6.12. The zero-order valence-electron chi connectivity index (χ0n) is 11.4. The Bertz CT molecular complexity index is 690. The molecule has 0 saturated carbocycles. The molecule has 1 atom stereocenters. The summed E-state index contributed by atoms with van der Waals surface area (Å²) in [5.74, 6) is -2.01. The van der Waals surface area contributed by atoms with Crippen molar-refractivity contribution in [3.8, 4) is 0 Å².